The molecule has 0 aliphatic heterocycles. The van der Waals surface area contributed by atoms with E-state index in [0.717, 1.165) is 18.4 Å². The lowest BCUT2D eigenvalue weighted by molar-refractivity contribution is -0.121. The van der Waals surface area contributed by atoms with Gasteiger partial charge in [0, 0.05) is 6.04 Å². The normalized spacial score (nSPS) is 14.0. The number of carbonyl (C=O) groups excluding carboxylic acids is 1. The lowest BCUT2D eigenvalue weighted by Crippen LogP contribution is -2.38. The molecule has 0 saturated heterocycles. The zero-order valence-corrected chi connectivity index (χ0v) is 14.1. The molecule has 0 saturated carbocycles. The number of amides is 1. The number of nitrogens with one attached hydrogen (secondary N) is 2. The van der Waals surface area contributed by atoms with E-state index in [4.69, 9.17) is 0 Å². The van der Waals surface area contributed by atoms with Crippen LogP contribution in [0.4, 0.5) is 0 Å². The molecule has 0 radical (unpaired) electrons. The lowest BCUT2D eigenvalue weighted by atomic mass is 10.00. The van der Waals surface area contributed by atoms with E-state index < -0.39 is 0 Å². The third-order valence-corrected chi connectivity index (χ3v) is 3.72. The SMILES string of the molecule is CCC(C)NCC(=O)NC(C)c1ccc(CC(C)C)cc1. The summed E-state index contributed by atoms with van der Waals surface area (Å²) in [5, 5.41) is 6.24. The van der Waals surface area contributed by atoms with Gasteiger partial charge in [0.05, 0.1) is 12.6 Å². The van der Waals surface area contributed by atoms with E-state index in [1.54, 1.807) is 0 Å². The molecular weight excluding hydrogens is 260 g/mol. The van der Waals surface area contributed by atoms with Crippen LogP contribution in [0.2, 0.25) is 0 Å². The maximum Gasteiger partial charge on any atom is 0.234 e. The molecule has 0 bridgehead atoms. The van der Waals surface area contributed by atoms with Crippen molar-refractivity contribution in [2.24, 2.45) is 5.92 Å². The second kappa shape index (κ2) is 8.83. The van der Waals surface area contributed by atoms with E-state index in [-0.39, 0.29) is 11.9 Å². The maximum absolute atomic E-state index is 11.9. The van der Waals surface area contributed by atoms with Crippen molar-refractivity contribution in [3.8, 4) is 0 Å². The first-order valence-corrected chi connectivity index (χ1v) is 8.04. The van der Waals surface area contributed by atoms with Gasteiger partial charge in [0.25, 0.3) is 0 Å². The summed E-state index contributed by atoms with van der Waals surface area (Å²) >= 11 is 0. The van der Waals surface area contributed by atoms with Crippen LogP contribution in [0.1, 0.15) is 58.2 Å². The fraction of sp³-hybridized carbons (Fsp3) is 0.611. The van der Waals surface area contributed by atoms with E-state index in [9.17, 15) is 4.79 Å². The first-order valence-electron chi connectivity index (χ1n) is 8.04. The highest BCUT2D eigenvalue weighted by Crippen LogP contribution is 2.15. The Morgan fingerprint density at radius 1 is 1.10 bits per heavy atom. The molecule has 2 unspecified atom stereocenters. The predicted octanol–water partition coefficient (Wildman–Crippen LogP) is 3.45. The topological polar surface area (TPSA) is 41.1 Å². The highest BCUT2D eigenvalue weighted by atomic mass is 16.1. The second-order valence-corrected chi connectivity index (χ2v) is 6.32. The van der Waals surface area contributed by atoms with Gasteiger partial charge in [0.15, 0.2) is 0 Å². The molecule has 3 heteroatoms. The van der Waals surface area contributed by atoms with Crippen LogP contribution in [0.15, 0.2) is 24.3 Å². The molecule has 1 rings (SSSR count). The van der Waals surface area contributed by atoms with Crippen LogP contribution in [0.5, 0.6) is 0 Å². The predicted molar refractivity (Wildman–Crippen MR) is 89.3 cm³/mol. The maximum atomic E-state index is 11.9. The van der Waals surface area contributed by atoms with E-state index in [2.05, 4.69) is 62.6 Å². The Kier molecular flexibility index (Phi) is 7.44. The molecule has 0 aliphatic carbocycles. The molecule has 118 valence electrons. The van der Waals surface area contributed by atoms with Crippen molar-refractivity contribution in [1.29, 1.82) is 0 Å². The van der Waals surface area contributed by atoms with Gasteiger partial charge >= 0.3 is 0 Å². The fourth-order valence-electron chi connectivity index (χ4n) is 2.20. The van der Waals surface area contributed by atoms with Gasteiger partial charge in [0.2, 0.25) is 5.91 Å². The minimum Gasteiger partial charge on any atom is -0.348 e. The van der Waals surface area contributed by atoms with Crippen LogP contribution >= 0.6 is 0 Å². The number of hydrogen-bond donors (Lipinski definition) is 2. The summed E-state index contributed by atoms with van der Waals surface area (Å²) in [5.41, 5.74) is 2.50. The van der Waals surface area contributed by atoms with Crippen LogP contribution in [0, 0.1) is 5.92 Å². The Bertz CT molecular complexity index is 425. The number of hydrogen-bond acceptors (Lipinski definition) is 2. The van der Waals surface area contributed by atoms with Crippen LogP contribution in [-0.2, 0) is 11.2 Å². The Morgan fingerprint density at radius 2 is 1.71 bits per heavy atom. The highest BCUT2D eigenvalue weighted by Gasteiger charge is 2.10. The average Bonchev–Trinajstić information content (AvgIpc) is 2.44. The Morgan fingerprint density at radius 3 is 2.24 bits per heavy atom. The molecule has 3 nitrogen and oxygen atoms in total. The van der Waals surface area contributed by atoms with Crippen LogP contribution in [0.3, 0.4) is 0 Å². The Hall–Kier alpha value is -1.35. The third-order valence-electron chi connectivity index (χ3n) is 3.72. The summed E-state index contributed by atoms with van der Waals surface area (Å²) in [7, 11) is 0. The molecule has 0 heterocycles. The van der Waals surface area contributed by atoms with Crippen molar-refractivity contribution in [2.45, 2.75) is 59.5 Å². The van der Waals surface area contributed by atoms with Gasteiger partial charge in [-0.1, -0.05) is 45.0 Å². The molecule has 21 heavy (non-hydrogen) atoms. The summed E-state index contributed by atoms with van der Waals surface area (Å²) in [4.78, 5) is 11.9. The van der Waals surface area contributed by atoms with Gasteiger partial charge in [-0.3, -0.25) is 4.79 Å². The number of benzene rings is 1. The molecule has 0 spiro atoms. The van der Waals surface area contributed by atoms with Gasteiger partial charge in [0.1, 0.15) is 0 Å². The van der Waals surface area contributed by atoms with Crippen molar-refractivity contribution in [3.63, 3.8) is 0 Å². The van der Waals surface area contributed by atoms with Gasteiger partial charge in [-0.2, -0.15) is 0 Å². The lowest BCUT2D eigenvalue weighted by Gasteiger charge is -2.17. The van der Waals surface area contributed by atoms with Crippen LogP contribution in [0.25, 0.3) is 0 Å². The van der Waals surface area contributed by atoms with E-state index in [1.807, 2.05) is 6.92 Å². The minimum atomic E-state index is 0.0457. The number of rotatable bonds is 8. The Labute approximate surface area is 129 Å². The van der Waals surface area contributed by atoms with Gasteiger partial charge in [-0.25, -0.2) is 0 Å². The van der Waals surface area contributed by atoms with Gasteiger partial charge in [-0.05, 0) is 43.7 Å². The summed E-state index contributed by atoms with van der Waals surface area (Å²) in [6, 6.07) is 8.98. The molecule has 2 atom stereocenters. The summed E-state index contributed by atoms with van der Waals surface area (Å²) in [5.74, 6) is 0.716. The standard InChI is InChI=1S/C18H30N2O/c1-6-14(4)19-12-18(21)20-15(5)17-9-7-16(8-10-17)11-13(2)3/h7-10,13-15,19H,6,11-12H2,1-5H3,(H,20,21). The highest BCUT2D eigenvalue weighted by molar-refractivity contribution is 5.78. The first-order chi connectivity index (χ1) is 9.92. The minimum absolute atomic E-state index is 0.0457. The molecule has 1 amide bonds. The zero-order chi connectivity index (χ0) is 15.8. The van der Waals surface area contributed by atoms with E-state index in [1.165, 1.54) is 5.56 Å². The summed E-state index contributed by atoms with van der Waals surface area (Å²) in [6.45, 7) is 11.0. The third kappa shape index (κ3) is 6.76. The second-order valence-electron chi connectivity index (χ2n) is 6.32. The monoisotopic (exact) mass is 290 g/mol. The van der Waals surface area contributed by atoms with Crippen molar-refractivity contribution >= 4 is 5.91 Å². The first kappa shape index (κ1) is 17.7. The quantitative estimate of drug-likeness (QED) is 0.770. The van der Waals surface area contributed by atoms with Crippen molar-refractivity contribution < 1.29 is 4.79 Å². The van der Waals surface area contributed by atoms with Crippen molar-refractivity contribution in [2.75, 3.05) is 6.54 Å². The van der Waals surface area contributed by atoms with Crippen LogP contribution in [-0.4, -0.2) is 18.5 Å². The van der Waals surface area contributed by atoms with Crippen LogP contribution < -0.4 is 10.6 Å². The average molecular weight is 290 g/mol. The Balaban J connectivity index is 2.47. The number of carbonyl (C=O) groups is 1. The fourth-order valence-corrected chi connectivity index (χ4v) is 2.20. The van der Waals surface area contributed by atoms with Crippen molar-refractivity contribution in [3.05, 3.63) is 35.4 Å². The molecule has 1 aromatic rings. The molecular formula is C18H30N2O. The summed E-state index contributed by atoms with van der Waals surface area (Å²) in [6.07, 6.45) is 2.12. The smallest absolute Gasteiger partial charge is 0.234 e. The summed E-state index contributed by atoms with van der Waals surface area (Å²) < 4.78 is 0. The zero-order valence-electron chi connectivity index (χ0n) is 14.1. The molecule has 0 aliphatic rings. The molecule has 1 aromatic carbocycles. The molecule has 0 fully saturated rings. The van der Waals surface area contributed by atoms with Gasteiger partial charge in [-0.15, -0.1) is 0 Å². The largest absolute Gasteiger partial charge is 0.348 e. The molecule has 2 N–H and O–H groups in total. The van der Waals surface area contributed by atoms with E-state index >= 15 is 0 Å². The van der Waals surface area contributed by atoms with E-state index in [0.29, 0.717) is 18.5 Å². The van der Waals surface area contributed by atoms with Crippen molar-refractivity contribution in [1.82, 2.24) is 10.6 Å². The molecule has 0 aromatic heterocycles. The van der Waals surface area contributed by atoms with Gasteiger partial charge < -0.3 is 10.6 Å².